The summed E-state index contributed by atoms with van der Waals surface area (Å²) in [5.74, 6) is -0.0403. The molecule has 0 aromatic carbocycles. The highest BCUT2D eigenvalue weighted by Crippen LogP contribution is 2.25. The van der Waals surface area contributed by atoms with Gasteiger partial charge in [-0.2, -0.15) is 0 Å². The van der Waals surface area contributed by atoms with Crippen LogP contribution in [0.2, 0.25) is 0 Å². The van der Waals surface area contributed by atoms with Crippen LogP contribution in [0.25, 0.3) is 0 Å². The van der Waals surface area contributed by atoms with Gasteiger partial charge in [-0.05, 0) is 19.8 Å². The predicted molar refractivity (Wildman–Crippen MR) is 61.2 cm³/mol. The van der Waals surface area contributed by atoms with Crippen LogP contribution in [0.5, 0.6) is 0 Å². The Morgan fingerprint density at radius 1 is 1.73 bits per heavy atom. The lowest BCUT2D eigenvalue weighted by molar-refractivity contribution is -0.140. The lowest BCUT2D eigenvalue weighted by atomic mass is 10.0. The number of hydrogen-bond acceptors (Lipinski definition) is 3. The molecule has 1 fully saturated rings. The van der Waals surface area contributed by atoms with Crippen molar-refractivity contribution >= 4 is 21.8 Å². The Labute approximate surface area is 98.8 Å². The number of methoxy groups -OCH3 is 1. The molecule has 0 aromatic rings. The van der Waals surface area contributed by atoms with Crippen LogP contribution in [0, 0.1) is 0 Å². The summed E-state index contributed by atoms with van der Waals surface area (Å²) in [4.78, 5) is 11.9. The average molecular weight is 280 g/mol. The minimum Gasteiger partial charge on any atom is -0.383 e. The molecule has 1 rings (SSSR count). The minimum atomic E-state index is -0.645. The summed E-state index contributed by atoms with van der Waals surface area (Å²) in [6.07, 6.45) is 1.74. The van der Waals surface area contributed by atoms with Crippen molar-refractivity contribution in [1.82, 2.24) is 5.32 Å². The van der Waals surface area contributed by atoms with E-state index in [1.807, 2.05) is 6.92 Å². The first kappa shape index (κ1) is 12.9. The van der Waals surface area contributed by atoms with Crippen molar-refractivity contribution in [3.05, 3.63) is 0 Å². The monoisotopic (exact) mass is 279 g/mol. The van der Waals surface area contributed by atoms with Gasteiger partial charge in [0.25, 0.3) is 5.91 Å². The Balaban J connectivity index is 2.45. The zero-order valence-corrected chi connectivity index (χ0v) is 10.8. The number of carbonyl (C=O) groups excluding carboxylic acids is 1. The predicted octanol–water partition coefficient (Wildman–Crippen LogP) is 1.08. The summed E-state index contributed by atoms with van der Waals surface area (Å²) in [6.45, 7) is 3.02. The molecule has 15 heavy (non-hydrogen) atoms. The maximum absolute atomic E-state index is 11.9. The lowest BCUT2D eigenvalue weighted by Gasteiger charge is -2.25. The third-order valence-corrected chi connectivity index (χ3v) is 3.37. The van der Waals surface area contributed by atoms with Crippen molar-refractivity contribution < 1.29 is 14.3 Å². The van der Waals surface area contributed by atoms with Crippen LogP contribution in [0.15, 0.2) is 0 Å². The smallest absolute Gasteiger partial charge is 0.252 e. The van der Waals surface area contributed by atoms with E-state index in [9.17, 15) is 4.79 Å². The zero-order chi connectivity index (χ0) is 11.3. The van der Waals surface area contributed by atoms with Crippen molar-refractivity contribution in [2.45, 2.75) is 31.4 Å². The molecule has 2 atom stereocenters. The minimum absolute atomic E-state index is 0.00326. The van der Waals surface area contributed by atoms with Crippen molar-refractivity contribution in [3.63, 3.8) is 0 Å². The average Bonchev–Trinajstić information content (AvgIpc) is 2.65. The maximum atomic E-state index is 11.9. The van der Waals surface area contributed by atoms with E-state index in [1.54, 1.807) is 7.11 Å². The number of hydrogen-bond donors (Lipinski definition) is 1. The maximum Gasteiger partial charge on any atom is 0.252 e. The summed E-state index contributed by atoms with van der Waals surface area (Å²) >= 11 is 3.34. The third kappa shape index (κ3) is 3.43. The fourth-order valence-corrected chi connectivity index (χ4v) is 1.97. The topological polar surface area (TPSA) is 47.6 Å². The van der Waals surface area contributed by atoms with Crippen LogP contribution in [0.3, 0.4) is 0 Å². The second kappa shape index (κ2) is 5.82. The summed E-state index contributed by atoms with van der Waals surface area (Å²) < 4.78 is 10.5. The number of nitrogens with one attached hydrogen (secondary N) is 1. The summed E-state index contributed by atoms with van der Waals surface area (Å²) in [7, 11) is 1.62. The zero-order valence-electron chi connectivity index (χ0n) is 9.22. The molecule has 1 heterocycles. The molecule has 0 radical (unpaired) electrons. The number of alkyl halides is 1. The summed E-state index contributed by atoms with van der Waals surface area (Å²) in [5.41, 5.74) is -0.645. The number of rotatable bonds is 5. The first-order valence-corrected chi connectivity index (χ1v) is 6.24. The van der Waals surface area contributed by atoms with Gasteiger partial charge in [-0.1, -0.05) is 15.9 Å². The van der Waals surface area contributed by atoms with E-state index in [0.29, 0.717) is 18.5 Å². The lowest BCUT2D eigenvalue weighted by Crippen LogP contribution is -2.50. The van der Waals surface area contributed by atoms with Gasteiger partial charge in [0.1, 0.15) is 5.60 Å². The highest BCUT2D eigenvalue weighted by molar-refractivity contribution is 9.09. The van der Waals surface area contributed by atoms with Gasteiger partial charge in [-0.15, -0.1) is 0 Å². The normalized spacial score (nSPS) is 27.7. The standard InChI is InChI=1S/C10H18BrNO3/c1-10(4-3-5-15-10)9(13)12-8(6-11)7-14-2/h8H,3-7H2,1-2H3,(H,12,13). The molecular formula is C10H18BrNO3. The number of carbonyl (C=O) groups is 1. The van der Waals surface area contributed by atoms with E-state index in [-0.39, 0.29) is 11.9 Å². The van der Waals surface area contributed by atoms with Crippen LogP contribution >= 0.6 is 15.9 Å². The first-order valence-electron chi connectivity index (χ1n) is 5.12. The van der Waals surface area contributed by atoms with Gasteiger partial charge < -0.3 is 14.8 Å². The summed E-state index contributed by atoms with van der Waals surface area (Å²) in [5, 5.41) is 3.60. The van der Waals surface area contributed by atoms with E-state index in [0.717, 1.165) is 12.8 Å². The first-order chi connectivity index (χ1) is 7.12. The molecule has 0 spiro atoms. The number of ether oxygens (including phenoxy) is 2. The molecule has 1 saturated heterocycles. The molecular weight excluding hydrogens is 262 g/mol. The van der Waals surface area contributed by atoms with Crippen LogP contribution in [-0.2, 0) is 14.3 Å². The summed E-state index contributed by atoms with van der Waals surface area (Å²) in [6, 6.07) is 0.00326. The second-order valence-corrected chi connectivity index (χ2v) is 4.61. The van der Waals surface area contributed by atoms with Crippen LogP contribution in [-0.4, -0.2) is 43.2 Å². The highest BCUT2D eigenvalue weighted by atomic mass is 79.9. The molecule has 4 nitrogen and oxygen atoms in total. The van der Waals surface area contributed by atoms with E-state index in [1.165, 1.54) is 0 Å². The molecule has 1 N–H and O–H groups in total. The molecule has 0 bridgehead atoms. The largest absolute Gasteiger partial charge is 0.383 e. The molecule has 0 aromatic heterocycles. The van der Waals surface area contributed by atoms with Gasteiger partial charge in [0, 0.05) is 19.0 Å². The second-order valence-electron chi connectivity index (χ2n) is 3.96. The van der Waals surface area contributed by atoms with Crippen molar-refractivity contribution in [3.8, 4) is 0 Å². The van der Waals surface area contributed by atoms with Gasteiger partial charge in [0.2, 0.25) is 0 Å². The van der Waals surface area contributed by atoms with Crippen molar-refractivity contribution in [2.24, 2.45) is 0 Å². The number of amides is 1. The SMILES string of the molecule is COCC(CBr)NC(=O)C1(C)CCCO1. The molecule has 5 heteroatoms. The fourth-order valence-electron chi connectivity index (χ4n) is 1.62. The van der Waals surface area contributed by atoms with E-state index in [4.69, 9.17) is 9.47 Å². The molecule has 88 valence electrons. The molecule has 2 unspecified atom stereocenters. The van der Waals surface area contributed by atoms with Crippen molar-refractivity contribution in [2.75, 3.05) is 25.7 Å². The van der Waals surface area contributed by atoms with Crippen molar-refractivity contribution in [1.29, 1.82) is 0 Å². The van der Waals surface area contributed by atoms with Gasteiger partial charge in [-0.25, -0.2) is 0 Å². The Kier molecular flexibility index (Phi) is 5.02. The van der Waals surface area contributed by atoms with Gasteiger partial charge in [0.15, 0.2) is 0 Å². The molecule has 1 aliphatic heterocycles. The van der Waals surface area contributed by atoms with Crippen LogP contribution < -0.4 is 5.32 Å². The molecule has 1 amide bonds. The molecule has 0 aliphatic carbocycles. The number of halogens is 1. The van der Waals surface area contributed by atoms with Crippen LogP contribution in [0.1, 0.15) is 19.8 Å². The van der Waals surface area contributed by atoms with Gasteiger partial charge in [-0.3, -0.25) is 4.79 Å². The van der Waals surface area contributed by atoms with E-state index in [2.05, 4.69) is 21.2 Å². The molecule has 0 saturated carbocycles. The Morgan fingerprint density at radius 3 is 2.93 bits per heavy atom. The Bertz CT molecular complexity index is 217. The Morgan fingerprint density at radius 2 is 2.47 bits per heavy atom. The fraction of sp³-hybridized carbons (Fsp3) is 0.900. The quantitative estimate of drug-likeness (QED) is 0.767. The highest BCUT2D eigenvalue weighted by Gasteiger charge is 2.38. The van der Waals surface area contributed by atoms with Gasteiger partial charge in [0.05, 0.1) is 12.6 Å². The third-order valence-electron chi connectivity index (χ3n) is 2.59. The Hall–Kier alpha value is -0.130. The van der Waals surface area contributed by atoms with E-state index >= 15 is 0 Å². The van der Waals surface area contributed by atoms with E-state index < -0.39 is 5.60 Å². The van der Waals surface area contributed by atoms with Gasteiger partial charge >= 0.3 is 0 Å². The molecule has 1 aliphatic rings. The van der Waals surface area contributed by atoms with Crippen LogP contribution in [0.4, 0.5) is 0 Å².